The number of ether oxygens (including phenoxy) is 1. The average Bonchev–Trinajstić information content (AvgIpc) is 3.28. The molecule has 1 amide bonds. The minimum atomic E-state index is -4.35. The Morgan fingerprint density at radius 2 is 2.18 bits per heavy atom. The van der Waals surface area contributed by atoms with Crippen LogP contribution in [0.25, 0.3) is 0 Å². The van der Waals surface area contributed by atoms with Gasteiger partial charge in [0, 0.05) is 31.8 Å². The number of amides is 1. The summed E-state index contributed by atoms with van der Waals surface area (Å²) in [5.41, 5.74) is 0.564. The Bertz CT molecular complexity index is 715. The predicted octanol–water partition coefficient (Wildman–Crippen LogP) is 3.29. The molecular weight excluding hydrogens is 373 g/mol. The number of likely N-dealkylation sites (tertiary alicyclic amines) is 1. The van der Waals surface area contributed by atoms with E-state index in [9.17, 15) is 18.0 Å². The van der Waals surface area contributed by atoms with Crippen molar-refractivity contribution >= 4 is 11.7 Å². The van der Waals surface area contributed by atoms with Gasteiger partial charge in [-0.25, -0.2) is 4.68 Å². The molecule has 9 heteroatoms. The number of nitrogens with zero attached hydrogens (tertiary/aromatic N) is 3. The SMILES string of the molecule is Cc1cc2n(n1)[C@@H](C(F)(F)F)C[C@@H](C1CCCN(C(=O)CC3CCCO3)C1)N2. The Hall–Kier alpha value is -1.77. The maximum Gasteiger partial charge on any atom is 0.410 e. The smallest absolute Gasteiger partial charge is 0.378 e. The van der Waals surface area contributed by atoms with Crippen molar-refractivity contribution in [3.8, 4) is 0 Å². The number of carbonyl (C=O) groups is 1. The molecule has 4 rings (SSSR count). The van der Waals surface area contributed by atoms with E-state index >= 15 is 0 Å². The average molecular weight is 400 g/mol. The standard InChI is InChI=1S/C19H27F3N4O2/c1-12-8-17-23-15(10-16(19(20,21)22)26(17)24-12)13-4-2-6-25(11-13)18(27)9-14-5-3-7-28-14/h8,13-16,23H,2-7,9-11H2,1H3/t13?,14?,15-,16+/m0/s1. The fourth-order valence-electron chi connectivity index (χ4n) is 4.73. The van der Waals surface area contributed by atoms with E-state index in [1.165, 1.54) is 0 Å². The molecule has 2 fully saturated rings. The van der Waals surface area contributed by atoms with E-state index in [1.54, 1.807) is 13.0 Å². The van der Waals surface area contributed by atoms with Gasteiger partial charge in [-0.15, -0.1) is 0 Å². The molecule has 0 bridgehead atoms. The largest absolute Gasteiger partial charge is 0.410 e. The molecule has 0 saturated carbocycles. The van der Waals surface area contributed by atoms with Crippen LogP contribution in [0.3, 0.4) is 0 Å². The molecule has 0 spiro atoms. The first-order chi connectivity index (χ1) is 13.3. The number of hydrogen-bond donors (Lipinski definition) is 1. The third-order valence-electron chi connectivity index (χ3n) is 6.15. The molecule has 1 aromatic rings. The molecule has 4 heterocycles. The van der Waals surface area contributed by atoms with E-state index in [2.05, 4.69) is 10.4 Å². The van der Waals surface area contributed by atoms with Crippen molar-refractivity contribution < 1.29 is 22.7 Å². The summed E-state index contributed by atoms with van der Waals surface area (Å²) in [6.45, 7) is 3.58. The monoisotopic (exact) mass is 400 g/mol. The lowest BCUT2D eigenvalue weighted by molar-refractivity contribution is -0.175. The van der Waals surface area contributed by atoms with Gasteiger partial charge in [0.25, 0.3) is 0 Å². The summed E-state index contributed by atoms with van der Waals surface area (Å²) < 4.78 is 47.5. The van der Waals surface area contributed by atoms with Crippen LogP contribution in [0.4, 0.5) is 19.0 Å². The normalized spacial score (nSPS) is 30.8. The summed E-state index contributed by atoms with van der Waals surface area (Å²) in [5.74, 6) is 0.468. The molecule has 3 aliphatic heterocycles. The van der Waals surface area contributed by atoms with Crippen LogP contribution in [0.15, 0.2) is 6.07 Å². The highest BCUT2D eigenvalue weighted by atomic mass is 19.4. The second kappa shape index (κ2) is 7.57. The summed E-state index contributed by atoms with van der Waals surface area (Å²) >= 11 is 0. The fraction of sp³-hybridized carbons (Fsp3) is 0.789. The number of anilines is 1. The second-order valence-corrected chi connectivity index (χ2v) is 8.24. The van der Waals surface area contributed by atoms with Crippen molar-refractivity contribution in [2.75, 3.05) is 25.0 Å². The molecular formula is C19H27F3N4O2. The van der Waals surface area contributed by atoms with Crippen molar-refractivity contribution in [2.45, 2.75) is 69.8 Å². The Kier molecular flexibility index (Phi) is 5.28. The third kappa shape index (κ3) is 3.99. The molecule has 2 saturated heterocycles. The van der Waals surface area contributed by atoms with Gasteiger partial charge in [0.2, 0.25) is 5.91 Å². The summed E-state index contributed by atoms with van der Waals surface area (Å²) in [6, 6.07) is -0.289. The first-order valence-corrected chi connectivity index (χ1v) is 10.1. The van der Waals surface area contributed by atoms with Crippen molar-refractivity contribution in [3.63, 3.8) is 0 Å². The van der Waals surface area contributed by atoms with Gasteiger partial charge in [-0.1, -0.05) is 0 Å². The molecule has 4 atom stereocenters. The van der Waals surface area contributed by atoms with Gasteiger partial charge in [0.15, 0.2) is 6.04 Å². The summed E-state index contributed by atoms with van der Waals surface area (Å²) in [5, 5.41) is 7.29. The maximum atomic E-state index is 13.6. The zero-order chi connectivity index (χ0) is 19.9. The van der Waals surface area contributed by atoms with Crippen LogP contribution < -0.4 is 5.32 Å². The van der Waals surface area contributed by atoms with Crippen molar-refractivity contribution in [3.05, 3.63) is 11.8 Å². The molecule has 6 nitrogen and oxygen atoms in total. The lowest BCUT2D eigenvalue weighted by Crippen LogP contribution is -2.49. The molecule has 156 valence electrons. The van der Waals surface area contributed by atoms with Crippen LogP contribution in [-0.2, 0) is 9.53 Å². The molecule has 3 aliphatic rings. The highest BCUT2D eigenvalue weighted by Crippen LogP contribution is 2.42. The number of fused-ring (bicyclic) bond motifs is 1. The van der Waals surface area contributed by atoms with Crippen LogP contribution in [0.5, 0.6) is 0 Å². The van der Waals surface area contributed by atoms with Gasteiger partial charge in [-0.05, 0) is 44.9 Å². The topological polar surface area (TPSA) is 59.4 Å². The van der Waals surface area contributed by atoms with Gasteiger partial charge < -0.3 is 15.0 Å². The minimum absolute atomic E-state index is 0.00370. The van der Waals surface area contributed by atoms with Crippen molar-refractivity contribution in [2.24, 2.45) is 5.92 Å². The lowest BCUT2D eigenvalue weighted by Gasteiger charge is -2.41. The number of nitrogens with one attached hydrogen (secondary N) is 1. The first kappa shape index (κ1) is 19.5. The van der Waals surface area contributed by atoms with Crippen LogP contribution >= 0.6 is 0 Å². The molecule has 1 aromatic heterocycles. The Labute approximate surface area is 162 Å². The Balaban J connectivity index is 1.45. The third-order valence-corrected chi connectivity index (χ3v) is 6.15. The highest BCUT2D eigenvalue weighted by Gasteiger charge is 2.48. The van der Waals surface area contributed by atoms with Gasteiger partial charge >= 0.3 is 6.18 Å². The molecule has 1 N–H and O–H groups in total. The maximum absolute atomic E-state index is 13.6. The van der Waals surface area contributed by atoms with Gasteiger partial charge in [-0.3, -0.25) is 4.79 Å². The van der Waals surface area contributed by atoms with E-state index in [4.69, 9.17) is 4.74 Å². The number of halogens is 3. The first-order valence-electron chi connectivity index (χ1n) is 10.1. The van der Waals surface area contributed by atoms with E-state index in [0.29, 0.717) is 37.6 Å². The lowest BCUT2D eigenvalue weighted by atomic mass is 9.85. The molecule has 0 aromatic carbocycles. The summed E-state index contributed by atoms with van der Waals surface area (Å²) in [7, 11) is 0. The minimum Gasteiger partial charge on any atom is -0.378 e. The number of carbonyl (C=O) groups excluding carboxylic acids is 1. The second-order valence-electron chi connectivity index (χ2n) is 8.24. The van der Waals surface area contributed by atoms with Crippen LogP contribution in [-0.4, -0.2) is 58.6 Å². The number of alkyl halides is 3. The molecule has 28 heavy (non-hydrogen) atoms. The number of aryl methyl sites for hydroxylation is 1. The zero-order valence-corrected chi connectivity index (χ0v) is 16.0. The quantitative estimate of drug-likeness (QED) is 0.846. The van der Waals surface area contributed by atoms with Crippen LogP contribution in [0.2, 0.25) is 0 Å². The van der Waals surface area contributed by atoms with E-state index in [1.807, 2.05) is 4.90 Å². The van der Waals surface area contributed by atoms with Gasteiger partial charge in [0.1, 0.15) is 5.82 Å². The van der Waals surface area contributed by atoms with E-state index in [-0.39, 0.29) is 30.4 Å². The highest BCUT2D eigenvalue weighted by molar-refractivity contribution is 5.76. The van der Waals surface area contributed by atoms with Crippen LogP contribution in [0.1, 0.15) is 50.3 Å². The zero-order valence-electron chi connectivity index (χ0n) is 16.0. The predicted molar refractivity (Wildman–Crippen MR) is 97.0 cm³/mol. The Morgan fingerprint density at radius 1 is 1.36 bits per heavy atom. The van der Waals surface area contributed by atoms with Crippen molar-refractivity contribution in [1.82, 2.24) is 14.7 Å². The fourth-order valence-corrected chi connectivity index (χ4v) is 4.73. The summed E-state index contributed by atoms with van der Waals surface area (Å²) in [4.78, 5) is 14.5. The number of hydrogen-bond acceptors (Lipinski definition) is 4. The Morgan fingerprint density at radius 3 is 2.89 bits per heavy atom. The molecule has 0 radical (unpaired) electrons. The molecule has 0 aliphatic carbocycles. The van der Waals surface area contributed by atoms with E-state index < -0.39 is 12.2 Å². The summed E-state index contributed by atoms with van der Waals surface area (Å²) in [6.07, 6.45) is -0.515. The number of piperidine rings is 1. The van der Waals surface area contributed by atoms with Crippen molar-refractivity contribution in [1.29, 1.82) is 0 Å². The van der Waals surface area contributed by atoms with Crippen LogP contribution in [0, 0.1) is 12.8 Å². The van der Waals surface area contributed by atoms with E-state index in [0.717, 1.165) is 30.4 Å². The number of rotatable bonds is 3. The number of aromatic nitrogens is 2. The van der Waals surface area contributed by atoms with Gasteiger partial charge in [0.05, 0.1) is 18.2 Å². The molecule has 2 unspecified atom stereocenters. The van der Waals surface area contributed by atoms with Gasteiger partial charge in [-0.2, -0.15) is 18.3 Å².